The molecule has 0 aliphatic rings. The molecular weight excluding hydrogens is 647 g/mol. The minimum Gasteiger partial charge on any atom is -0.391 e. The highest BCUT2D eigenvalue weighted by molar-refractivity contribution is 7.47. The number of hydrogen-bond acceptors (Lipinski definition) is 5. The van der Waals surface area contributed by atoms with E-state index < -0.39 is 20.0 Å². The Labute approximate surface area is 310 Å². The van der Waals surface area contributed by atoms with Gasteiger partial charge in [0.05, 0.1) is 39.9 Å². The molecule has 3 unspecified atom stereocenters. The Hall–Kier alpha value is -0.760. The van der Waals surface area contributed by atoms with E-state index in [0.29, 0.717) is 23.9 Å². The molecule has 3 atom stereocenters. The molecule has 0 bridgehead atoms. The fourth-order valence-corrected chi connectivity index (χ4v) is 6.83. The van der Waals surface area contributed by atoms with E-state index in [1.807, 2.05) is 21.1 Å². The van der Waals surface area contributed by atoms with Crippen molar-refractivity contribution >= 4 is 13.7 Å². The molecule has 0 heterocycles. The maximum absolute atomic E-state index is 12.8. The van der Waals surface area contributed by atoms with E-state index in [0.717, 1.165) is 51.4 Å². The number of hydrogen-bond donors (Lipinski definition) is 3. The SMILES string of the molecule is CCCCCC/C=C\CCCCCCCC(=O)NC(COP(=O)(O)OCC[N+](C)(C)C)C(O)CCCCCCCCCCCCCCCCC. The van der Waals surface area contributed by atoms with Crippen LogP contribution in [0.15, 0.2) is 12.2 Å². The van der Waals surface area contributed by atoms with Crippen LogP contribution in [0.25, 0.3) is 0 Å². The number of rotatable bonds is 38. The molecule has 1 amide bonds. The topological polar surface area (TPSA) is 105 Å². The van der Waals surface area contributed by atoms with Gasteiger partial charge in [0.15, 0.2) is 0 Å². The van der Waals surface area contributed by atoms with E-state index >= 15 is 0 Å². The molecule has 0 aromatic heterocycles. The monoisotopic (exact) mass is 732 g/mol. The number of quaternary nitrogens is 1. The van der Waals surface area contributed by atoms with E-state index in [2.05, 4.69) is 31.3 Å². The maximum atomic E-state index is 12.8. The smallest absolute Gasteiger partial charge is 0.391 e. The minimum atomic E-state index is -4.31. The van der Waals surface area contributed by atoms with Gasteiger partial charge < -0.3 is 19.8 Å². The standard InChI is InChI=1S/C41H83N2O6P/c1-6-8-10-12-14-16-18-20-21-23-24-26-28-30-32-34-40(44)39(38-49-50(46,47)48-37-36-43(3,4)5)42-41(45)35-33-31-29-27-25-22-19-17-15-13-11-9-7-2/h17,19,39-40,44H,6-16,18,20-38H2,1-5H3,(H-,42,45,46,47)/p+1/b19-17-. The third-order valence-electron chi connectivity index (χ3n) is 9.51. The summed E-state index contributed by atoms with van der Waals surface area (Å²) in [6, 6.07) is -0.759. The summed E-state index contributed by atoms with van der Waals surface area (Å²) in [6.07, 6.45) is 36.5. The molecule has 8 nitrogen and oxygen atoms in total. The summed E-state index contributed by atoms with van der Waals surface area (Å²) in [7, 11) is 1.61. The molecule has 0 saturated heterocycles. The molecule has 0 aromatic carbocycles. The number of nitrogens with one attached hydrogen (secondary N) is 1. The predicted octanol–water partition coefficient (Wildman–Crippen LogP) is 11.2. The van der Waals surface area contributed by atoms with Crippen molar-refractivity contribution < 1.29 is 32.9 Å². The van der Waals surface area contributed by atoms with Gasteiger partial charge in [-0.25, -0.2) is 4.57 Å². The Bertz CT molecular complexity index is 834. The van der Waals surface area contributed by atoms with E-state index in [4.69, 9.17) is 9.05 Å². The first kappa shape index (κ1) is 49.2. The number of phosphoric ester groups is 1. The van der Waals surface area contributed by atoms with E-state index in [1.165, 1.54) is 116 Å². The maximum Gasteiger partial charge on any atom is 0.472 e. The van der Waals surface area contributed by atoms with Crippen LogP contribution in [0.1, 0.15) is 194 Å². The van der Waals surface area contributed by atoms with Crippen molar-refractivity contribution in [1.29, 1.82) is 0 Å². The van der Waals surface area contributed by atoms with Crippen molar-refractivity contribution in [3.8, 4) is 0 Å². The van der Waals surface area contributed by atoms with Gasteiger partial charge in [0.25, 0.3) is 0 Å². The zero-order chi connectivity index (χ0) is 37.2. The lowest BCUT2D eigenvalue weighted by atomic mass is 10.0. The number of phosphoric acid groups is 1. The van der Waals surface area contributed by atoms with Crippen molar-refractivity contribution in [3.05, 3.63) is 12.2 Å². The van der Waals surface area contributed by atoms with Crippen LogP contribution in [-0.4, -0.2) is 73.4 Å². The molecule has 0 spiro atoms. The number of unbranched alkanes of at least 4 members (excludes halogenated alkanes) is 23. The van der Waals surface area contributed by atoms with Gasteiger partial charge in [0.1, 0.15) is 13.2 Å². The Balaban J connectivity index is 4.41. The fraction of sp³-hybridized carbons (Fsp3) is 0.927. The van der Waals surface area contributed by atoms with Crippen molar-refractivity contribution in [2.24, 2.45) is 0 Å². The first-order valence-corrected chi connectivity index (χ1v) is 22.5. The average molecular weight is 732 g/mol. The molecular formula is C41H84N2O6P+. The van der Waals surface area contributed by atoms with Gasteiger partial charge in [-0.05, 0) is 38.5 Å². The molecule has 0 saturated carbocycles. The molecule has 50 heavy (non-hydrogen) atoms. The zero-order valence-corrected chi connectivity index (χ0v) is 34.5. The second kappa shape index (κ2) is 34.0. The third-order valence-corrected chi connectivity index (χ3v) is 10.5. The van der Waals surface area contributed by atoms with Crippen LogP contribution in [0.4, 0.5) is 0 Å². The number of nitrogens with zero attached hydrogens (tertiary/aromatic N) is 1. The number of aliphatic hydroxyl groups excluding tert-OH is 1. The zero-order valence-electron chi connectivity index (χ0n) is 33.7. The highest BCUT2D eigenvalue weighted by Crippen LogP contribution is 2.43. The summed E-state index contributed by atoms with van der Waals surface area (Å²) >= 11 is 0. The fourth-order valence-electron chi connectivity index (χ4n) is 6.10. The van der Waals surface area contributed by atoms with E-state index in [-0.39, 0.29) is 19.1 Å². The number of likely N-dealkylation sites (N-methyl/N-ethyl adjacent to an activating group) is 1. The molecule has 0 aliphatic heterocycles. The summed E-state index contributed by atoms with van der Waals surface area (Å²) < 4.78 is 23.6. The van der Waals surface area contributed by atoms with E-state index in [9.17, 15) is 19.4 Å². The number of aliphatic hydroxyl groups is 1. The van der Waals surface area contributed by atoms with Crippen LogP contribution >= 0.6 is 7.82 Å². The van der Waals surface area contributed by atoms with E-state index in [1.54, 1.807) is 0 Å². The van der Waals surface area contributed by atoms with Gasteiger partial charge in [-0.15, -0.1) is 0 Å². The average Bonchev–Trinajstić information content (AvgIpc) is 3.06. The summed E-state index contributed by atoms with van der Waals surface area (Å²) in [5.74, 6) is -0.154. The molecule has 9 heteroatoms. The minimum absolute atomic E-state index is 0.0747. The van der Waals surface area contributed by atoms with Crippen molar-refractivity contribution in [2.75, 3.05) is 40.9 Å². The van der Waals surface area contributed by atoms with Crippen LogP contribution in [0.3, 0.4) is 0 Å². The van der Waals surface area contributed by atoms with Gasteiger partial charge >= 0.3 is 7.82 Å². The van der Waals surface area contributed by atoms with Crippen molar-refractivity contribution in [3.63, 3.8) is 0 Å². The Kier molecular flexibility index (Phi) is 33.5. The lowest BCUT2D eigenvalue weighted by Gasteiger charge is -2.26. The third kappa shape index (κ3) is 35.6. The second-order valence-electron chi connectivity index (χ2n) is 15.7. The molecule has 0 aliphatic carbocycles. The quantitative estimate of drug-likeness (QED) is 0.0253. The Morgan fingerprint density at radius 2 is 1.08 bits per heavy atom. The van der Waals surface area contributed by atoms with Gasteiger partial charge in [0.2, 0.25) is 5.91 Å². The van der Waals surface area contributed by atoms with Gasteiger partial charge in [-0.1, -0.05) is 161 Å². The van der Waals surface area contributed by atoms with Gasteiger partial charge in [0, 0.05) is 6.42 Å². The molecule has 0 radical (unpaired) electrons. The largest absolute Gasteiger partial charge is 0.472 e. The van der Waals surface area contributed by atoms with Crippen molar-refractivity contribution in [2.45, 2.75) is 206 Å². The Morgan fingerprint density at radius 1 is 0.660 bits per heavy atom. The van der Waals surface area contributed by atoms with Crippen LogP contribution < -0.4 is 5.32 Å². The molecule has 0 rings (SSSR count). The normalized spacial score (nSPS) is 14.6. The number of allylic oxidation sites excluding steroid dienone is 2. The molecule has 3 N–H and O–H groups in total. The summed E-state index contributed by atoms with van der Waals surface area (Å²) in [4.78, 5) is 23.1. The highest BCUT2D eigenvalue weighted by atomic mass is 31.2. The Morgan fingerprint density at radius 3 is 1.56 bits per heavy atom. The van der Waals surface area contributed by atoms with Crippen molar-refractivity contribution in [1.82, 2.24) is 5.32 Å². The first-order valence-electron chi connectivity index (χ1n) is 21.1. The van der Waals surface area contributed by atoms with Crippen LogP contribution in [-0.2, 0) is 18.4 Å². The second-order valence-corrected chi connectivity index (χ2v) is 17.2. The summed E-state index contributed by atoms with van der Waals surface area (Å²) in [5.41, 5.74) is 0. The molecule has 298 valence electrons. The summed E-state index contributed by atoms with van der Waals surface area (Å²) in [6.45, 7) is 4.86. The van der Waals surface area contributed by atoms with Crippen LogP contribution in [0.2, 0.25) is 0 Å². The number of carbonyl (C=O) groups excluding carboxylic acids is 1. The molecule has 0 aromatic rings. The number of amides is 1. The van der Waals surface area contributed by atoms with Crippen LogP contribution in [0.5, 0.6) is 0 Å². The summed E-state index contributed by atoms with van der Waals surface area (Å²) in [5, 5.41) is 13.9. The van der Waals surface area contributed by atoms with Gasteiger partial charge in [-0.3, -0.25) is 13.8 Å². The van der Waals surface area contributed by atoms with Crippen LogP contribution in [0, 0.1) is 0 Å². The highest BCUT2D eigenvalue weighted by Gasteiger charge is 2.28. The van der Waals surface area contributed by atoms with Gasteiger partial charge in [-0.2, -0.15) is 0 Å². The molecule has 0 fully saturated rings. The lowest BCUT2D eigenvalue weighted by molar-refractivity contribution is -0.870. The first-order chi connectivity index (χ1) is 24.0. The number of carbonyl (C=O) groups is 1. The predicted molar refractivity (Wildman–Crippen MR) is 212 cm³/mol. The lowest BCUT2D eigenvalue weighted by Crippen LogP contribution is -2.46.